The number of carbonyl (C=O) groups excluding carboxylic acids is 1. The molecule has 0 radical (unpaired) electrons. The summed E-state index contributed by atoms with van der Waals surface area (Å²) in [5, 5.41) is 35.2. The Balaban J connectivity index is 0. The van der Waals surface area contributed by atoms with Crippen molar-refractivity contribution in [2.24, 2.45) is 0 Å². The van der Waals surface area contributed by atoms with Gasteiger partial charge < -0.3 is 25.2 Å². The summed E-state index contributed by atoms with van der Waals surface area (Å²) in [5.74, 6) is -1.62. The van der Waals surface area contributed by atoms with Crippen molar-refractivity contribution in [3.63, 3.8) is 0 Å². The van der Waals surface area contributed by atoms with Gasteiger partial charge in [0.2, 0.25) is 0 Å². The van der Waals surface area contributed by atoms with Gasteiger partial charge in [-0.1, -0.05) is 25.5 Å². The maximum absolute atomic E-state index is 10.2. The second-order valence-electron chi connectivity index (χ2n) is 3.07. The summed E-state index contributed by atoms with van der Waals surface area (Å²) in [6, 6.07) is 5.64. The summed E-state index contributed by atoms with van der Waals surface area (Å²) in [4.78, 5) is 10.2. The summed E-state index contributed by atoms with van der Waals surface area (Å²) >= 11 is 0. The maximum Gasteiger partial charge on any atom is 1.00 e. The normalized spacial score (nSPS) is 8.94. The van der Waals surface area contributed by atoms with Gasteiger partial charge in [-0.15, -0.1) is 0 Å². The number of rotatable bonds is 3. The summed E-state index contributed by atoms with van der Waals surface area (Å²) in [5.41, 5.74) is -0.178. The van der Waals surface area contributed by atoms with E-state index in [-0.39, 0.29) is 40.9 Å². The molecule has 0 amide bonds. The van der Waals surface area contributed by atoms with E-state index in [2.05, 4.69) is 0 Å². The van der Waals surface area contributed by atoms with Gasteiger partial charge >= 0.3 is 29.6 Å². The van der Waals surface area contributed by atoms with Crippen LogP contribution in [0.3, 0.4) is 0 Å². The Hall–Kier alpha value is -0.590. The monoisotopic (exact) mass is 250 g/mol. The van der Waals surface area contributed by atoms with Crippen LogP contribution in [0.5, 0.6) is 5.75 Å². The average molecular weight is 250 g/mol. The van der Waals surface area contributed by atoms with Crippen LogP contribution in [0.1, 0.15) is 30.1 Å². The zero-order chi connectivity index (χ0) is 12.6. The van der Waals surface area contributed by atoms with Crippen molar-refractivity contribution in [1.82, 2.24) is 0 Å². The van der Waals surface area contributed by atoms with Gasteiger partial charge in [-0.25, -0.2) is 0 Å². The van der Waals surface area contributed by atoms with Gasteiger partial charge in [-0.3, -0.25) is 0 Å². The smallest absolute Gasteiger partial charge is 0.545 e. The fraction of sp³-hybridized carbons (Fsp3) is 0.364. The van der Waals surface area contributed by atoms with Crippen LogP contribution in [0.2, 0.25) is 0 Å². The molecule has 1 aromatic rings. The molecule has 5 nitrogen and oxygen atoms in total. The van der Waals surface area contributed by atoms with Crippen molar-refractivity contribution in [3.8, 4) is 5.75 Å². The van der Waals surface area contributed by atoms with Crippen LogP contribution < -0.4 is 34.7 Å². The number of carboxylic acids is 1. The number of carboxylic acid groups (broad SMARTS) is 1. The van der Waals surface area contributed by atoms with Crippen molar-refractivity contribution < 1.29 is 54.8 Å². The number of aliphatic hydroxyl groups excluding tert-OH is 1. The molecular weight excluding hydrogens is 235 g/mol. The van der Waals surface area contributed by atoms with Crippen molar-refractivity contribution in [1.29, 1.82) is 0 Å². The minimum atomic E-state index is -1.36. The van der Waals surface area contributed by atoms with Crippen LogP contribution in [0.15, 0.2) is 24.3 Å². The average Bonchev–Trinajstić information content (AvgIpc) is 2.18. The Morgan fingerprint density at radius 3 is 2.12 bits per heavy atom. The van der Waals surface area contributed by atoms with E-state index in [1.165, 1.54) is 18.2 Å². The first-order valence-electron chi connectivity index (χ1n) is 4.84. The predicted molar refractivity (Wildman–Crippen MR) is 55.6 cm³/mol. The maximum atomic E-state index is 10.2. The molecule has 0 heterocycles. The first kappa shape index (κ1) is 18.8. The summed E-state index contributed by atoms with van der Waals surface area (Å²) in [7, 11) is 0. The van der Waals surface area contributed by atoms with Crippen LogP contribution in [-0.2, 0) is 0 Å². The molecule has 3 N–H and O–H groups in total. The van der Waals surface area contributed by atoms with Gasteiger partial charge in [0.25, 0.3) is 0 Å². The van der Waals surface area contributed by atoms with E-state index in [0.29, 0.717) is 6.42 Å². The summed E-state index contributed by atoms with van der Waals surface area (Å²) in [6.45, 7) is 1.90. The largest absolute Gasteiger partial charge is 1.00 e. The Bertz CT molecular complexity index is 327. The van der Waals surface area contributed by atoms with Crippen LogP contribution in [0.4, 0.5) is 0 Å². The molecule has 0 aromatic heterocycles. The van der Waals surface area contributed by atoms with Crippen molar-refractivity contribution in [3.05, 3.63) is 29.8 Å². The molecule has 17 heavy (non-hydrogen) atoms. The van der Waals surface area contributed by atoms with E-state index in [0.717, 1.165) is 6.42 Å². The molecule has 0 spiro atoms. The molecule has 0 unspecified atom stereocenters. The SMILES string of the molecule is CCCC(O)O.O=C([O-])c1ccccc1O.[Na+]. The molecule has 0 aliphatic rings. The molecule has 0 saturated carbocycles. The minimum absolute atomic E-state index is 0. The number of para-hydroxylation sites is 1. The molecule has 0 aliphatic carbocycles. The molecule has 6 heteroatoms. The van der Waals surface area contributed by atoms with Crippen LogP contribution >= 0.6 is 0 Å². The van der Waals surface area contributed by atoms with E-state index in [1.54, 1.807) is 6.07 Å². The quantitative estimate of drug-likeness (QED) is 0.389. The molecular formula is C11H15NaO5. The number of hydrogen-bond acceptors (Lipinski definition) is 5. The fourth-order valence-electron chi connectivity index (χ4n) is 0.904. The number of aliphatic hydroxyl groups is 2. The second-order valence-corrected chi connectivity index (χ2v) is 3.07. The number of aromatic carboxylic acids is 1. The summed E-state index contributed by atoms with van der Waals surface area (Å²) in [6.07, 6.45) is 0.215. The van der Waals surface area contributed by atoms with E-state index >= 15 is 0 Å². The number of aromatic hydroxyl groups is 1. The van der Waals surface area contributed by atoms with E-state index in [4.69, 9.17) is 15.3 Å². The third-order valence-corrected chi connectivity index (χ3v) is 1.67. The predicted octanol–water partition coefficient (Wildman–Crippen LogP) is -3.14. The van der Waals surface area contributed by atoms with Crippen LogP contribution in [-0.4, -0.2) is 27.6 Å². The minimum Gasteiger partial charge on any atom is -0.545 e. The van der Waals surface area contributed by atoms with Gasteiger partial charge in [0, 0.05) is 5.56 Å². The molecule has 0 fully saturated rings. The van der Waals surface area contributed by atoms with Gasteiger partial charge in [0.1, 0.15) is 5.75 Å². The van der Waals surface area contributed by atoms with E-state index in [9.17, 15) is 9.90 Å². The number of benzene rings is 1. The van der Waals surface area contributed by atoms with Crippen LogP contribution in [0.25, 0.3) is 0 Å². The first-order valence-corrected chi connectivity index (χ1v) is 4.84. The number of phenols is 1. The van der Waals surface area contributed by atoms with Gasteiger partial charge in [-0.2, -0.15) is 0 Å². The zero-order valence-corrected chi connectivity index (χ0v) is 12.0. The fourth-order valence-corrected chi connectivity index (χ4v) is 0.904. The second kappa shape index (κ2) is 10.6. The Morgan fingerprint density at radius 2 is 1.88 bits per heavy atom. The molecule has 90 valence electrons. The zero-order valence-electron chi connectivity index (χ0n) is 9.96. The van der Waals surface area contributed by atoms with Crippen molar-refractivity contribution >= 4 is 5.97 Å². The van der Waals surface area contributed by atoms with E-state index in [1.807, 2.05) is 6.92 Å². The molecule has 1 rings (SSSR count). The van der Waals surface area contributed by atoms with Crippen molar-refractivity contribution in [2.45, 2.75) is 26.1 Å². The Labute approximate surface area is 122 Å². The Morgan fingerprint density at radius 1 is 1.35 bits per heavy atom. The molecule has 0 aliphatic heterocycles. The molecule has 0 atom stereocenters. The standard InChI is InChI=1S/C7H6O3.C4H10O2.Na/c8-6-4-2-1-3-5(6)7(9)10;1-2-3-4(5)6;/h1-4,8H,(H,9,10);4-6H,2-3H2,1H3;/q;;+1/p-1. The Kier molecular flexibility index (Phi) is 11.7. The topological polar surface area (TPSA) is 101 Å². The van der Waals surface area contributed by atoms with Crippen LogP contribution in [0, 0.1) is 0 Å². The van der Waals surface area contributed by atoms with Crippen molar-refractivity contribution in [2.75, 3.05) is 0 Å². The summed E-state index contributed by atoms with van der Waals surface area (Å²) < 4.78 is 0. The number of carbonyl (C=O) groups is 1. The van der Waals surface area contributed by atoms with Gasteiger partial charge in [-0.05, 0) is 18.6 Å². The van der Waals surface area contributed by atoms with Gasteiger partial charge in [0.15, 0.2) is 6.29 Å². The van der Waals surface area contributed by atoms with E-state index < -0.39 is 12.3 Å². The third-order valence-electron chi connectivity index (χ3n) is 1.67. The number of hydrogen-bond donors (Lipinski definition) is 3. The first-order chi connectivity index (χ1) is 7.49. The molecule has 0 saturated heterocycles. The van der Waals surface area contributed by atoms with Gasteiger partial charge in [0.05, 0.1) is 5.97 Å². The molecule has 1 aromatic carbocycles. The third kappa shape index (κ3) is 9.14. The molecule has 0 bridgehead atoms.